The fourth-order valence-electron chi connectivity index (χ4n) is 2.07. The van der Waals surface area contributed by atoms with Gasteiger partial charge in [0.25, 0.3) is 0 Å². The minimum absolute atomic E-state index is 0. The lowest BCUT2D eigenvalue weighted by molar-refractivity contribution is 0.220. The molecule has 1 aliphatic rings. The number of nitriles is 1. The van der Waals surface area contributed by atoms with E-state index in [4.69, 9.17) is 10.3 Å². The second kappa shape index (κ2) is 10.3. The van der Waals surface area contributed by atoms with Crippen molar-refractivity contribution in [1.82, 2.24) is 11.1 Å². The highest BCUT2D eigenvalue weighted by atomic mass is 32.2. The third-order valence-electron chi connectivity index (χ3n) is 2.98. The Hall–Kier alpha value is -1.69. The van der Waals surface area contributed by atoms with E-state index in [-0.39, 0.29) is 23.8 Å². The van der Waals surface area contributed by atoms with E-state index in [2.05, 4.69) is 12.6 Å². The molecule has 2 amide bonds. The zero-order valence-corrected chi connectivity index (χ0v) is 17.1. The number of hydrogen-bond acceptors (Lipinski definition) is 6. The molecule has 0 saturated carbocycles. The summed E-state index contributed by atoms with van der Waals surface area (Å²) < 4.78 is 0. The number of rotatable bonds is 2. The minimum Gasteiger partial charge on any atom is -0.344 e. The maximum atomic E-state index is 12.8. The van der Waals surface area contributed by atoms with Crippen LogP contribution in [0.2, 0.25) is 0 Å². The molecule has 1 aromatic rings. The van der Waals surface area contributed by atoms with Crippen molar-refractivity contribution in [2.45, 2.75) is 46.2 Å². The highest BCUT2D eigenvalue weighted by molar-refractivity contribution is 8.14. The summed E-state index contributed by atoms with van der Waals surface area (Å²) in [5.74, 6) is 0.598. The van der Waals surface area contributed by atoms with Crippen LogP contribution in [0.4, 0.5) is 10.5 Å². The number of thiocyanates is 1. The quantitative estimate of drug-likeness (QED) is 0.571. The van der Waals surface area contributed by atoms with Crippen molar-refractivity contribution in [3.63, 3.8) is 0 Å². The van der Waals surface area contributed by atoms with Gasteiger partial charge in [-0.3, -0.25) is 14.8 Å². The average Bonchev–Trinajstić information content (AvgIpc) is 2.47. The summed E-state index contributed by atoms with van der Waals surface area (Å²) in [6.07, 6.45) is 0. The summed E-state index contributed by atoms with van der Waals surface area (Å²) in [5, 5.41) is 9.44. The molecule has 0 spiro atoms. The van der Waals surface area contributed by atoms with Gasteiger partial charge in [-0.25, -0.2) is 4.79 Å². The normalized spacial score (nSPS) is 16.1. The van der Waals surface area contributed by atoms with Crippen molar-refractivity contribution in [2.24, 2.45) is 4.99 Å². The second-order valence-corrected chi connectivity index (χ2v) is 7.56. The van der Waals surface area contributed by atoms with E-state index in [9.17, 15) is 4.79 Å². The summed E-state index contributed by atoms with van der Waals surface area (Å²) in [6, 6.07) is 9.86. The van der Waals surface area contributed by atoms with Gasteiger partial charge >= 0.3 is 6.03 Å². The van der Waals surface area contributed by atoms with Crippen LogP contribution in [-0.4, -0.2) is 33.6 Å². The van der Waals surface area contributed by atoms with Gasteiger partial charge in [0.05, 0.1) is 11.4 Å². The smallest absolute Gasteiger partial charge is 0.331 e. The van der Waals surface area contributed by atoms with Gasteiger partial charge in [0.2, 0.25) is 0 Å². The van der Waals surface area contributed by atoms with Crippen LogP contribution in [0.3, 0.4) is 0 Å². The van der Waals surface area contributed by atoms with Crippen molar-refractivity contribution in [3.05, 3.63) is 30.3 Å². The number of carbonyl (C=O) groups excluding carboxylic acids is 1. The zero-order valence-electron chi connectivity index (χ0n) is 15.4. The number of nitrogens with zero attached hydrogens (tertiary/aromatic N) is 4. The third kappa shape index (κ3) is 6.98. The molecule has 1 heterocycles. The SMILES string of the molecule is CC(C)N1C(=O)N(c2ccccc2)CSC1=NC(C)(C)C.N.N#CS. The van der Waals surface area contributed by atoms with Crippen LogP contribution >= 0.6 is 24.4 Å². The Morgan fingerprint density at radius 1 is 1.28 bits per heavy atom. The molecule has 1 fully saturated rings. The van der Waals surface area contributed by atoms with Crippen molar-refractivity contribution >= 4 is 41.3 Å². The van der Waals surface area contributed by atoms with Gasteiger partial charge in [-0.05, 0) is 46.8 Å². The first-order chi connectivity index (χ1) is 11.2. The first-order valence-electron chi connectivity index (χ1n) is 7.63. The highest BCUT2D eigenvalue weighted by Gasteiger charge is 2.34. The summed E-state index contributed by atoms with van der Waals surface area (Å²) in [4.78, 5) is 21.1. The van der Waals surface area contributed by atoms with E-state index in [1.54, 1.807) is 21.6 Å². The van der Waals surface area contributed by atoms with Gasteiger partial charge in [-0.1, -0.05) is 42.6 Å². The highest BCUT2D eigenvalue weighted by Crippen LogP contribution is 2.29. The molecule has 0 atom stereocenters. The van der Waals surface area contributed by atoms with Crippen molar-refractivity contribution < 1.29 is 4.79 Å². The third-order valence-corrected chi connectivity index (χ3v) is 3.91. The van der Waals surface area contributed by atoms with Crippen molar-refractivity contribution in [3.8, 4) is 5.40 Å². The van der Waals surface area contributed by atoms with Gasteiger partial charge in [-0.2, -0.15) is 5.26 Å². The number of amidine groups is 1. The molecule has 6 nitrogen and oxygen atoms in total. The summed E-state index contributed by atoms with van der Waals surface area (Å²) in [5.41, 5.74) is 0.737. The fourth-order valence-corrected chi connectivity index (χ4v) is 3.34. The van der Waals surface area contributed by atoms with E-state index in [0.717, 1.165) is 10.9 Å². The van der Waals surface area contributed by atoms with Crippen LogP contribution in [0.5, 0.6) is 0 Å². The maximum absolute atomic E-state index is 12.8. The van der Waals surface area contributed by atoms with E-state index in [1.807, 2.05) is 65.0 Å². The number of benzene rings is 1. The number of carbonyl (C=O) groups is 1. The Morgan fingerprint density at radius 2 is 1.80 bits per heavy atom. The molecule has 138 valence electrons. The van der Waals surface area contributed by atoms with Crippen molar-refractivity contribution in [2.75, 3.05) is 10.8 Å². The Bertz CT molecular complexity index is 620. The van der Waals surface area contributed by atoms with Crippen LogP contribution < -0.4 is 11.1 Å². The number of aliphatic imine (C=N–C) groups is 1. The molecule has 0 bridgehead atoms. The van der Waals surface area contributed by atoms with Gasteiger partial charge in [0.15, 0.2) is 5.17 Å². The number of thiol groups is 1. The second-order valence-electron chi connectivity index (χ2n) is 6.45. The lowest BCUT2D eigenvalue weighted by atomic mass is 10.1. The van der Waals surface area contributed by atoms with Gasteiger partial charge in [-0.15, -0.1) is 0 Å². The molecule has 1 aliphatic heterocycles. The molecule has 0 aliphatic carbocycles. The van der Waals surface area contributed by atoms with Gasteiger partial charge < -0.3 is 6.15 Å². The van der Waals surface area contributed by atoms with Crippen LogP contribution in [0.25, 0.3) is 0 Å². The van der Waals surface area contributed by atoms with E-state index < -0.39 is 0 Å². The van der Waals surface area contributed by atoms with Gasteiger partial charge in [0.1, 0.15) is 5.40 Å². The lowest BCUT2D eigenvalue weighted by Crippen LogP contribution is -2.53. The topological polar surface area (TPSA) is 94.7 Å². The number of amides is 2. The average molecular weight is 382 g/mol. The van der Waals surface area contributed by atoms with Gasteiger partial charge in [0, 0.05) is 11.7 Å². The lowest BCUT2D eigenvalue weighted by Gasteiger charge is -2.38. The molecule has 1 saturated heterocycles. The molecule has 0 radical (unpaired) electrons. The number of anilines is 1. The predicted molar refractivity (Wildman–Crippen MR) is 111 cm³/mol. The molecule has 25 heavy (non-hydrogen) atoms. The van der Waals surface area contributed by atoms with Crippen LogP contribution in [0, 0.1) is 10.7 Å². The van der Waals surface area contributed by atoms with Crippen LogP contribution in [-0.2, 0) is 0 Å². The first-order valence-corrected chi connectivity index (χ1v) is 9.06. The molecule has 8 heteroatoms. The Morgan fingerprint density at radius 3 is 2.24 bits per heavy atom. The van der Waals surface area contributed by atoms with Crippen LogP contribution in [0.15, 0.2) is 35.3 Å². The summed E-state index contributed by atoms with van der Waals surface area (Å²) in [7, 11) is 0. The van der Waals surface area contributed by atoms with E-state index in [0.29, 0.717) is 5.88 Å². The Labute approximate surface area is 160 Å². The molecule has 1 aromatic carbocycles. The zero-order chi connectivity index (χ0) is 18.3. The van der Waals surface area contributed by atoms with E-state index in [1.165, 1.54) is 5.40 Å². The standard InChI is InChI=1S/C16H23N3OS.CHNS.H3N/c1-12(2)19-14(17-16(3,4)5)21-11-18(15(19)20)13-9-7-6-8-10-13;2-1-3;/h6-10,12H,11H2,1-5H3;3H;1H3. The molecule has 3 N–H and O–H groups in total. The fraction of sp³-hybridized carbons (Fsp3) is 0.471. The minimum atomic E-state index is -0.190. The molecular formula is C17H27N5OS2. The van der Waals surface area contributed by atoms with Crippen LogP contribution in [0.1, 0.15) is 34.6 Å². The molecule has 0 aromatic heterocycles. The molecular weight excluding hydrogens is 354 g/mol. The monoisotopic (exact) mass is 381 g/mol. The number of thioether (sulfide) groups is 1. The maximum Gasteiger partial charge on any atom is 0.331 e. The number of urea groups is 1. The Kier molecular flexibility index (Phi) is 9.64. The summed E-state index contributed by atoms with van der Waals surface area (Å²) >= 11 is 4.71. The largest absolute Gasteiger partial charge is 0.344 e. The molecule has 0 unspecified atom stereocenters. The van der Waals surface area contributed by atoms with Crippen molar-refractivity contribution in [1.29, 1.82) is 5.26 Å². The van der Waals surface area contributed by atoms with E-state index >= 15 is 0 Å². The summed E-state index contributed by atoms with van der Waals surface area (Å²) in [6.45, 7) is 10.2. The first kappa shape index (κ1) is 23.3. The molecule has 2 rings (SSSR count). The predicted octanol–water partition coefficient (Wildman–Crippen LogP) is 4.74. The Balaban J connectivity index is 0.00000134. The number of para-hydroxylation sites is 1. The number of hydrogen-bond donors (Lipinski definition) is 2.